The van der Waals surface area contributed by atoms with E-state index in [-0.39, 0.29) is 12.1 Å². The number of carbonyl (C=O) groups is 1. The number of hydrogen-bond donors (Lipinski definition) is 1. The molecule has 0 unspecified atom stereocenters. The number of hydrogen-bond acceptors (Lipinski definition) is 5. The second-order valence-corrected chi connectivity index (χ2v) is 5.79. The number of anilines is 1. The van der Waals surface area contributed by atoms with E-state index < -0.39 is 0 Å². The van der Waals surface area contributed by atoms with Crippen LogP contribution in [0.5, 0.6) is 5.75 Å². The number of nitrogens with zero attached hydrogens (tertiary/aromatic N) is 3. The molecule has 0 aliphatic carbocycles. The van der Waals surface area contributed by atoms with Crippen molar-refractivity contribution in [3.63, 3.8) is 0 Å². The Morgan fingerprint density at radius 2 is 2.24 bits per heavy atom. The van der Waals surface area contributed by atoms with Crippen LogP contribution in [0, 0.1) is 13.8 Å². The van der Waals surface area contributed by atoms with Crippen molar-refractivity contribution >= 4 is 22.7 Å². The maximum Gasteiger partial charge on any atom is 0.323 e. The Balaban J connectivity index is 1.48. The van der Waals surface area contributed by atoms with Gasteiger partial charge < -0.3 is 9.64 Å². The first-order valence-corrected chi connectivity index (χ1v) is 7.47. The first-order valence-electron chi connectivity index (χ1n) is 6.70. The Labute approximate surface area is 126 Å². The van der Waals surface area contributed by atoms with Gasteiger partial charge in [0.15, 0.2) is 0 Å². The van der Waals surface area contributed by atoms with Gasteiger partial charge in [-0.1, -0.05) is 12.1 Å². The number of amides is 2. The number of benzene rings is 1. The fraction of sp³-hybridized carbons (Fsp3) is 0.357. The molecule has 3 rings (SSSR count). The highest BCUT2D eigenvalue weighted by Gasteiger charge is 2.32. The quantitative estimate of drug-likeness (QED) is 0.946. The van der Waals surface area contributed by atoms with Gasteiger partial charge >= 0.3 is 6.03 Å². The van der Waals surface area contributed by atoms with E-state index in [1.165, 1.54) is 11.5 Å². The summed E-state index contributed by atoms with van der Waals surface area (Å²) < 4.78 is 9.84. The van der Waals surface area contributed by atoms with Crippen LogP contribution in [-0.2, 0) is 0 Å². The molecule has 0 radical (unpaired) electrons. The van der Waals surface area contributed by atoms with Crippen molar-refractivity contribution in [1.82, 2.24) is 14.3 Å². The third-order valence-electron chi connectivity index (χ3n) is 3.17. The van der Waals surface area contributed by atoms with Gasteiger partial charge in [-0.15, -0.1) is 0 Å². The zero-order chi connectivity index (χ0) is 14.8. The van der Waals surface area contributed by atoms with E-state index >= 15 is 0 Å². The summed E-state index contributed by atoms with van der Waals surface area (Å²) in [7, 11) is 0. The molecule has 1 saturated heterocycles. The molecule has 0 saturated carbocycles. The Bertz CT molecular complexity index is 652. The summed E-state index contributed by atoms with van der Waals surface area (Å²) >= 11 is 1.18. The van der Waals surface area contributed by atoms with E-state index in [2.05, 4.69) is 14.7 Å². The fourth-order valence-corrected chi connectivity index (χ4v) is 2.64. The van der Waals surface area contributed by atoms with Gasteiger partial charge in [0.05, 0.1) is 13.1 Å². The van der Waals surface area contributed by atoms with Crippen LogP contribution in [-0.4, -0.2) is 39.5 Å². The highest BCUT2D eigenvalue weighted by Crippen LogP contribution is 2.20. The monoisotopic (exact) mass is 304 g/mol. The van der Waals surface area contributed by atoms with Crippen LogP contribution in [0.1, 0.15) is 11.4 Å². The van der Waals surface area contributed by atoms with Crippen molar-refractivity contribution in [1.29, 1.82) is 0 Å². The van der Waals surface area contributed by atoms with Gasteiger partial charge in [0, 0.05) is 11.5 Å². The van der Waals surface area contributed by atoms with Crippen LogP contribution >= 0.6 is 11.5 Å². The van der Waals surface area contributed by atoms with Crippen molar-refractivity contribution in [3.8, 4) is 5.75 Å². The first-order chi connectivity index (χ1) is 10.1. The maximum absolute atomic E-state index is 12.0. The van der Waals surface area contributed by atoms with Crippen molar-refractivity contribution in [3.05, 3.63) is 35.7 Å². The Morgan fingerprint density at radius 1 is 1.43 bits per heavy atom. The zero-order valence-corrected chi connectivity index (χ0v) is 12.7. The molecule has 2 amide bonds. The molecule has 2 aromatic rings. The molecule has 1 fully saturated rings. The number of aromatic nitrogens is 2. The van der Waals surface area contributed by atoms with Crippen molar-refractivity contribution < 1.29 is 9.53 Å². The van der Waals surface area contributed by atoms with Gasteiger partial charge in [-0.3, -0.25) is 5.32 Å². The third-order valence-corrected chi connectivity index (χ3v) is 3.89. The molecule has 1 aromatic heterocycles. The number of aryl methyl sites for hydroxylation is 2. The van der Waals surface area contributed by atoms with Crippen LogP contribution in [0.3, 0.4) is 0 Å². The SMILES string of the molecule is Cc1cccc(OC2CN(C(=O)Nc3nc(C)ns3)C2)c1. The Kier molecular flexibility index (Phi) is 3.74. The smallest absolute Gasteiger partial charge is 0.323 e. The minimum Gasteiger partial charge on any atom is -0.487 e. The van der Waals surface area contributed by atoms with E-state index in [0.29, 0.717) is 24.0 Å². The average Bonchev–Trinajstić information content (AvgIpc) is 2.78. The second kappa shape index (κ2) is 5.69. The molecule has 0 bridgehead atoms. The molecule has 1 aromatic carbocycles. The van der Waals surface area contributed by atoms with Gasteiger partial charge in [-0.25, -0.2) is 9.78 Å². The lowest BCUT2D eigenvalue weighted by Gasteiger charge is -2.38. The minimum absolute atomic E-state index is 0.0497. The Hall–Kier alpha value is -2.15. The molecule has 0 atom stereocenters. The summed E-state index contributed by atoms with van der Waals surface area (Å²) in [4.78, 5) is 17.8. The second-order valence-electron chi connectivity index (χ2n) is 5.04. The lowest BCUT2D eigenvalue weighted by atomic mass is 10.1. The number of rotatable bonds is 3. The van der Waals surface area contributed by atoms with E-state index in [1.807, 2.05) is 31.2 Å². The molecule has 6 nitrogen and oxygen atoms in total. The highest BCUT2D eigenvalue weighted by atomic mass is 32.1. The summed E-state index contributed by atoms with van der Waals surface area (Å²) in [5.74, 6) is 1.51. The number of carbonyl (C=O) groups excluding carboxylic acids is 1. The summed E-state index contributed by atoms with van der Waals surface area (Å²) in [5.41, 5.74) is 1.16. The predicted octanol–water partition coefficient (Wildman–Crippen LogP) is 2.45. The molecule has 21 heavy (non-hydrogen) atoms. The normalized spacial score (nSPS) is 14.7. The van der Waals surface area contributed by atoms with Gasteiger partial charge in [-0.05, 0) is 31.5 Å². The fourth-order valence-electron chi connectivity index (χ4n) is 2.08. The van der Waals surface area contributed by atoms with Crippen LogP contribution in [0.25, 0.3) is 0 Å². The van der Waals surface area contributed by atoms with Gasteiger partial charge in [0.25, 0.3) is 0 Å². The summed E-state index contributed by atoms with van der Waals surface area (Å²) in [6.07, 6.45) is 0.0497. The summed E-state index contributed by atoms with van der Waals surface area (Å²) in [6.45, 7) is 4.98. The van der Waals surface area contributed by atoms with Crippen LogP contribution in [0.15, 0.2) is 24.3 Å². The molecule has 0 spiro atoms. The van der Waals surface area contributed by atoms with E-state index in [4.69, 9.17) is 4.74 Å². The number of nitrogens with one attached hydrogen (secondary N) is 1. The highest BCUT2D eigenvalue weighted by molar-refractivity contribution is 7.09. The molecule has 7 heteroatoms. The van der Waals surface area contributed by atoms with Gasteiger partial charge in [0.1, 0.15) is 17.7 Å². The van der Waals surface area contributed by atoms with Crippen molar-refractivity contribution in [2.45, 2.75) is 20.0 Å². The van der Waals surface area contributed by atoms with Crippen molar-refractivity contribution in [2.24, 2.45) is 0 Å². The lowest BCUT2D eigenvalue weighted by Crippen LogP contribution is -2.57. The zero-order valence-electron chi connectivity index (χ0n) is 11.9. The van der Waals surface area contributed by atoms with Crippen molar-refractivity contribution in [2.75, 3.05) is 18.4 Å². The third kappa shape index (κ3) is 3.30. The number of likely N-dealkylation sites (tertiary alicyclic amines) is 1. The molecule has 1 N–H and O–H groups in total. The maximum atomic E-state index is 12.0. The van der Waals surface area contributed by atoms with E-state index in [0.717, 1.165) is 11.3 Å². The molecule has 2 heterocycles. The summed E-state index contributed by atoms with van der Waals surface area (Å²) in [6, 6.07) is 7.76. The van der Waals surface area contributed by atoms with Gasteiger partial charge in [-0.2, -0.15) is 4.37 Å². The van der Waals surface area contributed by atoms with Crippen LogP contribution in [0.2, 0.25) is 0 Å². The van der Waals surface area contributed by atoms with Gasteiger partial charge in [0.2, 0.25) is 5.13 Å². The largest absolute Gasteiger partial charge is 0.487 e. The van der Waals surface area contributed by atoms with Crippen LogP contribution in [0.4, 0.5) is 9.93 Å². The Morgan fingerprint density at radius 3 is 2.90 bits per heavy atom. The standard InChI is InChI=1S/C14H16N4O2S/c1-9-4-3-5-11(6-9)20-12-7-18(8-12)14(19)16-13-15-10(2)17-21-13/h3-6,12H,7-8H2,1-2H3,(H,15,16,17,19). The molecule has 1 aliphatic rings. The lowest BCUT2D eigenvalue weighted by molar-refractivity contribution is 0.0492. The first kappa shape index (κ1) is 13.8. The van der Waals surface area contributed by atoms with E-state index in [1.54, 1.807) is 11.8 Å². The molecule has 110 valence electrons. The minimum atomic E-state index is -0.157. The van der Waals surface area contributed by atoms with E-state index in [9.17, 15) is 4.79 Å². The molecule has 1 aliphatic heterocycles. The predicted molar refractivity (Wildman–Crippen MR) is 80.8 cm³/mol. The molecular weight excluding hydrogens is 288 g/mol. The average molecular weight is 304 g/mol. The topological polar surface area (TPSA) is 67.3 Å². The number of urea groups is 1. The summed E-state index contributed by atoms with van der Waals surface area (Å²) in [5, 5.41) is 3.26. The number of ether oxygens (including phenoxy) is 1. The van der Waals surface area contributed by atoms with Crippen LogP contribution < -0.4 is 10.1 Å². The molecular formula is C14H16N4O2S.